The Balaban J connectivity index is 2.16. The van der Waals surface area contributed by atoms with E-state index in [4.69, 9.17) is 21.7 Å². The van der Waals surface area contributed by atoms with E-state index < -0.39 is 0 Å². The first-order valence-corrected chi connectivity index (χ1v) is 8.14. The quantitative estimate of drug-likeness (QED) is 0.788. The van der Waals surface area contributed by atoms with Crippen LogP contribution < -0.4 is 10.1 Å². The van der Waals surface area contributed by atoms with Gasteiger partial charge in [0.15, 0.2) is 0 Å². The highest BCUT2D eigenvalue weighted by Gasteiger charge is 2.09. The van der Waals surface area contributed by atoms with Gasteiger partial charge >= 0.3 is 0 Å². The van der Waals surface area contributed by atoms with Gasteiger partial charge in [0, 0.05) is 11.3 Å². The number of anilines is 1. The Morgan fingerprint density at radius 2 is 1.87 bits per heavy atom. The van der Waals surface area contributed by atoms with Gasteiger partial charge in [0.1, 0.15) is 12.4 Å². The summed E-state index contributed by atoms with van der Waals surface area (Å²) in [4.78, 5) is 0. The number of benzene rings is 2. The summed E-state index contributed by atoms with van der Waals surface area (Å²) >= 11 is 5.18. The maximum atomic E-state index is 6.02. The van der Waals surface area contributed by atoms with Crippen LogP contribution >= 0.6 is 12.2 Å². The molecule has 0 unspecified atom stereocenters. The number of aryl methyl sites for hydroxylation is 3. The second kappa shape index (κ2) is 7.97. The molecule has 0 aromatic heterocycles. The molecule has 0 bridgehead atoms. The van der Waals surface area contributed by atoms with Gasteiger partial charge in [-0.25, -0.2) is 0 Å². The fourth-order valence-electron chi connectivity index (χ4n) is 2.40. The van der Waals surface area contributed by atoms with Crippen LogP contribution in [0.15, 0.2) is 36.4 Å². The topological polar surface area (TPSA) is 30.5 Å². The average Bonchev–Trinajstić information content (AvgIpc) is 2.48. The molecule has 4 heteroatoms. The fraction of sp³-hybridized carbons (Fsp3) is 0.316. The van der Waals surface area contributed by atoms with Crippen LogP contribution in [-0.2, 0) is 11.3 Å². The molecule has 3 nitrogen and oxygen atoms in total. The van der Waals surface area contributed by atoms with E-state index in [9.17, 15) is 0 Å². The fourth-order valence-corrected chi connectivity index (χ4v) is 2.63. The van der Waals surface area contributed by atoms with E-state index in [0.717, 1.165) is 28.1 Å². The van der Waals surface area contributed by atoms with E-state index in [0.29, 0.717) is 18.4 Å². The molecule has 0 aliphatic carbocycles. The molecule has 122 valence electrons. The highest BCUT2D eigenvalue weighted by atomic mass is 32.1. The molecular formula is C19H23NO2S. The van der Waals surface area contributed by atoms with Crippen molar-refractivity contribution in [1.29, 1.82) is 0 Å². The molecule has 0 aliphatic rings. The summed E-state index contributed by atoms with van der Waals surface area (Å²) in [6.45, 7) is 9.14. The lowest BCUT2D eigenvalue weighted by molar-refractivity contribution is 0.303. The van der Waals surface area contributed by atoms with Crippen molar-refractivity contribution in [2.24, 2.45) is 0 Å². The molecule has 0 amide bonds. The molecule has 0 heterocycles. The van der Waals surface area contributed by atoms with E-state index >= 15 is 0 Å². The summed E-state index contributed by atoms with van der Waals surface area (Å²) in [7, 11) is 0. The van der Waals surface area contributed by atoms with Gasteiger partial charge in [0.25, 0.3) is 5.17 Å². The zero-order chi connectivity index (χ0) is 16.8. The number of rotatable bonds is 5. The smallest absolute Gasteiger partial charge is 0.261 e. The highest BCUT2D eigenvalue weighted by molar-refractivity contribution is 7.80. The predicted octanol–water partition coefficient (Wildman–Crippen LogP) is 4.92. The van der Waals surface area contributed by atoms with Crippen LogP contribution in [0.2, 0.25) is 0 Å². The van der Waals surface area contributed by atoms with Gasteiger partial charge in [-0.1, -0.05) is 29.8 Å². The van der Waals surface area contributed by atoms with Crippen molar-refractivity contribution < 1.29 is 9.47 Å². The summed E-state index contributed by atoms with van der Waals surface area (Å²) in [6.07, 6.45) is 0. The third-order valence-electron chi connectivity index (χ3n) is 3.62. The van der Waals surface area contributed by atoms with Gasteiger partial charge in [-0.2, -0.15) is 0 Å². The summed E-state index contributed by atoms with van der Waals surface area (Å²) < 4.78 is 11.3. The second-order valence-corrected chi connectivity index (χ2v) is 5.87. The lowest BCUT2D eigenvalue weighted by Gasteiger charge is -2.16. The molecule has 0 saturated heterocycles. The third kappa shape index (κ3) is 4.70. The molecule has 2 aromatic rings. The van der Waals surface area contributed by atoms with Crippen LogP contribution in [-0.4, -0.2) is 11.8 Å². The Morgan fingerprint density at radius 1 is 1.09 bits per heavy atom. The van der Waals surface area contributed by atoms with Gasteiger partial charge in [0.05, 0.1) is 6.61 Å². The van der Waals surface area contributed by atoms with Crippen molar-refractivity contribution in [2.45, 2.75) is 34.3 Å². The average molecular weight is 329 g/mol. The van der Waals surface area contributed by atoms with Crippen LogP contribution in [0.4, 0.5) is 5.69 Å². The maximum absolute atomic E-state index is 6.02. The summed E-state index contributed by atoms with van der Waals surface area (Å²) in [6, 6.07) is 12.2. The molecule has 0 saturated carbocycles. The van der Waals surface area contributed by atoms with Crippen molar-refractivity contribution in [3.8, 4) is 5.75 Å². The molecule has 0 aliphatic heterocycles. The Bertz CT molecular complexity index is 698. The van der Waals surface area contributed by atoms with Gasteiger partial charge in [0.2, 0.25) is 0 Å². The molecule has 23 heavy (non-hydrogen) atoms. The molecule has 1 N–H and O–H groups in total. The molecule has 0 radical (unpaired) electrons. The van der Waals surface area contributed by atoms with Crippen molar-refractivity contribution in [3.05, 3.63) is 58.7 Å². The van der Waals surface area contributed by atoms with E-state index in [1.165, 1.54) is 5.56 Å². The van der Waals surface area contributed by atoms with E-state index in [2.05, 4.69) is 44.3 Å². The number of hydrogen-bond acceptors (Lipinski definition) is 3. The van der Waals surface area contributed by atoms with E-state index in [-0.39, 0.29) is 0 Å². The zero-order valence-electron chi connectivity index (χ0n) is 14.1. The minimum atomic E-state index is 0.380. The normalized spacial score (nSPS) is 10.3. The van der Waals surface area contributed by atoms with Crippen molar-refractivity contribution in [3.63, 3.8) is 0 Å². The van der Waals surface area contributed by atoms with Gasteiger partial charge in [-0.05, 0) is 63.2 Å². The molecule has 2 aromatic carbocycles. The van der Waals surface area contributed by atoms with Gasteiger partial charge in [-0.3, -0.25) is 0 Å². The standard InChI is InChI=1S/C19H23NO2S/c1-5-21-19(23)20-17-8-6-7-14(3)16(17)12-22-18-10-9-13(2)11-15(18)4/h6-11H,5,12H2,1-4H3,(H,20,23). The first-order chi connectivity index (χ1) is 11.0. The lowest BCUT2D eigenvalue weighted by atomic mass is 10.1. The lowest BCUT2D eigenvalue weighted by Crippen LogP contribution is -2.15. The molecule has 0 spiro atoms. The molecule has 0 fully saturated rings. The number of nitrogens with one attached hydrogen (secondary N) is 1. The minimum Gasteiger partial charge on any atom is -0.489 e. The Hall–Kier alpha value is -2.07. The highest BCUT2D eigenvalue weighted by Crippen LogP contribution is 2.24. The monoisotopic (exact) mass is 329 g/mol. The summed E-state index contributed by atoms with van der Waals surface area (Å²) in [5.41, 5.74) is 5.52. The van der Waals surface area contributed by atoms with Crippen molar-refractivity contribution in [1.82, 2.24) is 0 Å². The van der Waals surface area contributed by atoms with Crippen LogP contribution in [0.25, 0.3) is 0 Å². The Labute approximate surface area is 143 Å². The summed E-state index contributed by atoms with van der Waals surface area (Å²) in [5, 5.41) is 3.52. The molecular weight excluding hydrogens is 306 g/mol. The molecule has 0 atom stereocenters. The maximum Gasteiger partial charge on any atom is 0.261 e. The largest absolute Gasteiger partial charge is 0.489 e. The minimum absolute atomic E-state index is 0.380. The molecule has 2 rings (SSSR count). The number of thiocarbonyl (C=S) groups is 1. The van der Waals surface area contributed by atoms with Crippen LogP contribution in [0.1, 0.15) is 29.2 Å². The first-order valence-electron chi connectivity index (χ1n) is 7.73. The Kier molecular flexibility index (Phi) is 5.99. The van der Waals surface area contributed by atoms with Crippen molar-refractivity contribution >= 4 is 23.1 Å². The first kappa shape index (κ1) is 17.3. The van der Waals surface area contributed by atoms with Crippen molar-refractivity contribution in [2.75, 3.05) is 11.9 Å². The van der Waals surface area contributed by atoms with Gasteiger partial charge in [-0.15, -0.1) is 0 Å². The van der Waals surface area contributed by atoms with E-state index in [1.807, 2.05) is 25.1 Å². The van der Waals surface area contributed by atoms with Gasteiger partial charge < -0.3 is 14.8 Å². The predicted molar refractivity (Wildman–Crippen MR) is 99.3 cm³/mol. The SMILES string of the molecule is CCOC(=S)Nc1cccc(C)c1COc1ccc(C)cc1C. The number of hydrogen-bond donors (Lipinski definition) is 1. The zero-order valence-corrected chi connectivity index (χ0v) is 14.9. The Morgan fingerprint density at radius 3 is 2.57 bits per heavy atom. The third-order valence-corrected chi connectivity index (χ3v) is 3.84. The van der Waals surface area contributed by atoms with Crippen LogP contribution in [0, 0.1) is 20.8 Å². The van der Waals surface area contributed by atoms with Crippen LogP contribution in [0.3, 0.4) is 0 Å². The number of ether oxygens (including phenoxy) is 2. The second-order valence-electron chi connectivity index (χ2n) is 5.50. The van der Waals surface area contributed by atoms with Crippen LogP contribution in [0.5, 0.6) is 5.75 Å². The van der Waals surface area contributed by atoms with E-state index in [1.54, 1.807) is 0 Å². The summed E-state index contributed by atoms with van der Waals surface area (Å²) in [5.74, 6) is 0.900.